The van der Waals surface area contributed by atoms with Crippen molar-refractivity contribution in [1.82, 2.24) is 10.1 Å². The number of nitrogens with two attached hydrogens (primary N) is 1. The predicted octanol–water partition coefficient (Wildman–Crippen LogP) is 3.06. The minimum atomic E-state index is -0.477. The number of nitrogens with zero attached hydrogens (tertiary/aromatic N) is 2. The van der Waals surface area contributed by atoms with Gasteiger partial charge in [0, 0.05) is 5.56 Å². The van der Waals surface area contributed by atoms with E-state index in [1.54, 1.807) is 12.1 Å². The van der Waals surface area contributed by atoms with Crippen LogP contribution in [0.4, 0.5) is 4.39 Å². The van der Waals surface area contributed by atoms with Gasteiger partial charge in [0.1, 0.15) is 5.82 Å². The number of aromatic nitrogens is 2. The SMILES string of the molecule is CC(C)OCC(N)c1noc(-c2ccc(Br)c(F)c2)n1. The molecule has 1 atom stereocenters. The molecule has 20 heavy (non-hydrogen) atoms. The van der Waals surface area contributed by atoms with Gasteiger partial charge in [-0.05, 0) is 48.0 Å². The van der Waals surface area contributed by atoms with Crippen LogP contribution in [0, 0.1) is 5.82 Å². The Hall–Kier alpha value is -1.31. The maximum atomic E-state index is 13.5. The Balaban J connectivity index is 2.13. The predicted molar refractivity (Wildman–Crippen MR) is 75.4 cm³/mol. The lowest BCUT2D eigenvalue weighted by Gasteiger charge is -2.10. The molecule has 0 spiro atoms. The van der Waals surface area contributed by atoms with Crippen molar-refractivity contribution < 1.29 is 13.7 Å². The molecule has 1 unspecified atom stereocenters. The second kappa shape index (κ2) is 6.43. The van der Waals surface area contributed by atoms with Crippen molar-refractivity contribution in [3.63, 3.8) is 0 Å². The van der Waals surface area contributed by atoms with Crippen LogP contribution in [-0.2, 0) is 4.74 Å². The van der Waals surface area contributed by atoms with E-state index < -0.39 is 11.9 Å². The van der Waals surface area contributed by atoms with E-state index in [2.05, 4.69) is 26.1 Å². The first-order chi connectivity index (χ1) is 9.47. The number of hydrogen-bond donors (Lipinski definition) is 1. The molecule has 2 rings (SSSR count). The molecule has 1 heterocycles. The number of hydrogen-bond acceptors (Lipinski definition) is 5. The minimum absolute atomic E-state index is 0.0768. The van der Waals surface area contributed by atoms with E-state index in [1.165, 1.54) is 6.07 Å². The summed E-state index contributed by atoms with van der Waals surface area (Å²) in [6.45, 7) is 4.13. The third-order valence-corrected chi connectivity index (χ3v) is 3.19. The van der Waals surface area contributed by atoms with Crippen LogP contribution >= 0.6 is 15.9 Å². The standard InChI is InChI=1S/C13H15BrFN3O2/c1-7(2)19-6-11(16)12-17-13(20-18-12)8-3-4-9(14)10(15)5-8/h3-5,7,11H,6,16H2,1-2H3. The van der Waals surface area contributed by atoms with E-state index in [-0.39, 0.29) is 12.0 Å². The van der Waals surface area contributed by atoms with Gasteiger partial charge >= 0.3 is 0 Å². The molecule has 0 aliphatic heterocycles. The molecular formula is C13H15BrFN3O2. The molecule has 0 saturated heterocycles. The number of benzene rings is 1. The van der Waals surface area contributed by atoms with Crippen LogP contribution in [0.5, 0.6) is 0 Å². The van der Waals surface area contributed by atoms with E-state index in [1.807, 2.05) is 13.8 Å². The van der Waals surface area contributed by atoms with E-state index >= 15 is 0 Å². The second-order valence-corrected chi connectivity index (χ2v) is 5.43. The average Bonchev–Trinajstić information content (AvgIpc) is 2.89. The number of ether oxygens (including phenoxy) is 1. The molecule has 0 aliphatic rings. The lowest BCUT2D eigenvalue weighted by atomic mass is 10.2. The Bertz CT molecular complexity index is 589. The summed E-state index contributed by atoms with van der Waals surface area (Å²) in [6, 6.07) is 4.10. The van der Waals surface area contributed by atoms with Crippen molar-refractivity contribution in [2.45, 2.75) is 26.0 Å². The number of rotatable bonds is 5. The first kappa shape index (κ1) is 15.1. The van der Waals surface area contributed by atoms with Gasteiger partial charge in [-0.15, -0.1) is 0 Å². The van der Waals surface area contributed by atoms with Crippen molar-refractivity contribution in [1.29, 1.82) is 0 Å². The molecule has 1 aromatic carbocycles. The highest BCUT2D eigenvalue weighted by atomic mass is 79.9. The Morgan fingerprint density at radius 3 is 2.85 bits per heavy atom. The van der Waals surface area contributed by atoms with E-state index in [0.717, 1.165) is 0 Å². The maximum Gasteiger partial charge on any atom is 0.258 e. The van der Waals surface area contributed by atoms with Crippen molar-refractivity contribution in [2.75, 3.05) is 6.61 Å². The quantitative estimate of drug-likeness (QED) is 0.902. The van der Waals surface area contributed by atoms with Crippen LogP contribution in [0.25, 0.3) is 11.5 Å². The molecule has 2 aromatic rings. The summed E-state index contributed by atoms with van der Waals surface area (Å²) in [5.74, 6) is 0.171. The molecule has 0 saturated carbocycles. The van der Waals surface area contributed by atoms with Crippen LogP contribution in [0.1, 0.15) is 25.7 Å². The van der Waals surface area contributed by atoms with Crippen LogP contribution < -0.4 is 5.73 Å². The summed E-state index contributed by atoms with van der Waals surface area (Å²) in [5.41, 5.74) is 6.40. The summed E-state index contributed by atoms with van der Waals surface area (Å²) in [5, 5.41) is 3.80. The smallest absolute Gasteiger partial charge is 0.258 e. The van der Waals surface area contributed by atoms with Gasteiger partial charge in [-0.2, -0.15) is 4.98 Å². The third kappa shape index (κ3) is 3.62. The van der Waals surface area contributed by atoms with Crippen LogP contribution in [-0.4, -0.2) is 22.9 Å². The molecule has 2 N–H and O–H groups in total. The molecule has 108 valence electrons. The van der Waals surface area contributed by atoms with Gasteiger partial charge in [0.2, 0.25) is 0 Å². The molecule has 1 aromatic heterocycles. The Morgan fingerprint density at radius 2 is 2.20 bits per heavy atom. The fourth-order valence-corrected chi connectivity index (χ4v) is 1.75. The van der Waals surface area contributed by atoms with Crippen molar-refractivity contribution >= 4 is 15.9 Å². The minimum Gasteiger partial charge on any atom is -0.377 e. The van der Waals surface area contributed by atoms with Crippen molar-refractivity contribution in [2.24, 2.45) is 5.73 Å². The van der Waals surface area contributed by atoms with Gasteiger partial charge < -0.3 is 15.0 Å². The monoisotopic (exact) mass is 343 g/mol. The van der Waals surface area contributed by atoms with Gasteiger partial charge in [-0.3, -0.25) is 0 Å². The van der Waals surface area contributed by atoms with Gasteiger partial charge in [-0.1, -0.05) is 5.16 Å². The molecule has 0 bridgehead atoms. The fraction of sp³-hybridized carbons (Fsp3) is 0.385. The topological polar surface area (TPSA) is 74.2 Å². The van der Waals surface area contributed by atoms with Crippen molar-refractivity contribution in [3.8, 4) is 11.5 Å². The maximum absolute atomic E-state index is 13.5. The normalized spacial score (nSPS) is 12.9. The number of halogens is 2. The van der Waals surface area contributed by atoms with Crippen LogP contribution in [0.2, 0.25) is 0 Å². The van der Waals surface area contributed by atoms with Gasteiger partial charge in [-0.25, -0.2) is 4.39 Å². The molecule has 0 fully saturated rings. The molecular weight excluding hydrogens is 329 g/mol. The zero-order chi connectivity index (χ0) is 14.7. The Morgan fingerprint density at radius 1 is 1.45 bits per heavy atom. The third-order valence-electron chi connectivity index (χ3n) is 2.55. The largest absolute Gasteiger partial charge is 0.377 e. The van der Waals surface area contributed by atoms with Crippen LogP contribution in [0.15, 0.2) is 27.2 Å². The highest BCUT2D eigenvalue weighted by Gasteiger charge is 2.16. The average molecular weight is 344 g/mol. The Kier molecular flexibility index (Phi) is 4.85. The zero-order valence-electron chi connectivity index (χ0n) is 11.1. The fourth-order valence-electron chi connectivity index (χ4n) is 1.50. The summed E-state index contributed by atoms with van der Waals surface area (Å²) >= 11 is 3.09. The molecule has 0 aliphatic carbocycles. The lowest BCUT2D eigenvalue weighted by Crippen LogP contribution is -2.20. The van der Waals surface area contributed by atoms with E-state index in [9.17, 15) is 4.39 Å². The first-order valence-corrected chi connectivity index (χ1v) is 6.93. The zero-order valence-corrected chi connectivity index (χ0v) is 12.7. The summed E-state index contributed by atoms with van der Waals surface area (Å²) in [7, 11) is 0. The van der Waals surface area contributed by atoms with Gasteiger partial charge in [0.25, 0.3) is 5.89 Å². The van der Waals surface area contributed by atoms with Crippen molar-refractivity contribution in [3.05, 3.63) is 34.3 Å². The van der Waals surface area contributed by atoms with Gasteiger partial charge in [0.15, 0.2) is 5.82 Å². The van der Waals surface area contributed by atoms with Gasteiger partial charge in [0.05, 0.1) is 23.2 Å². The summed E-state index contributed by atoms with van der Waals surface area (Å²) in [6.07, 6.45) is 0.0768. The molecule has 0 radical (unpaired) electrons. The summed E-state index contributed by atoms with van der Waals surface area (Å²) < 4.78 is 24.3. The van der Waals surface area contributed by atoms with E-state index in [0.29, 0.717) is 22.5 Å². The second-order valence-electron chi connectivity index (χ2n) is 4.58. The molecule has 0 amide bonds. The summed E-state index contributed by atoms with van der Waals surface area (Å²) in [4.78, 5) is 4.16. The highest BCUT2D eigenvalue weighted by molar-refractivity contribution is 9.10. The van der Waals surface area contributed by atoms with Crippen LogP contribution in [0.3, 0.4) is 0 Å². The lowest BCUT2D eigenvalue weighted by molar-refractivity contribution is 0.0665. The highest BCUT2D eigenvalue weighted by Crippen LogP contribution is 2.24. The Labute approximate surface area is 124 Å². The van der Waals surface area contributed by atoms with E-state index in [4.69, 9.17) is 15.0 Å². The molecule has 5 nitrogen and oxygen atoms in total. The molecule has 7 heteroatoms. The first-order valence-electron chi connectivity index (χ1n) is 6.13.